The number of nitrogens with zero attached hydrogens (tertiary/aromatic N) is 3. The summed E-state index contributed by atoms with van der Waals surface area (Å²) in [5.74, 6) is 0.197. The van der Waals surface area contributed by atoms with Crippen molar-refractivity contribution in [3.05, 3.63) is 108 Å². The van der Waals surface area contributed by atoms with Gasteiger partial charge in [0, 0.05) is 31.8 Å². The SMILES string of the molecule is CC1C(C(=O)N2CCCC2)CC(=NOCc2ccccc2)C(=NOCc2ccccc2)CC1c1ccccc1. The molecular weight excluding hydrogens is 486 g/mol. The molecule has 2 aliphatic rings. The minimum atomic E-state index is -0.214. The molecule has 1 aliphatic heterocycles. The van der Waals surface area contributed by atoms with Gasteiger partial charge in [-0.3, -0.25) is 4.79 Å². The largest absolute Gasteiger partial charge is 0.391 e. The van der Waals surface area contributed by atoms with Crippen molar-refractivity contribution in [2.24, 2.45) is 22.1 Å². The van der Waals surface area contributed by atoms with Crippen LogP contribution < -0.4 is 0 Å². The van der Waals surface area contributed by atoms with Crippen molar-refractivity contribution in [3.63, 3.8) is 0 Å². The maximum atomic E-state index is 13.8. The van der Waals surface area contributed by atoms with E-state index in [4.69, 9.17) is 9.68 Å². The lowest BCUT2D eigenvalue weighted by molar-refractivity contribution is -0.136. The predicted molar refractivity (Wildman–Crippen MR) is 154 cm³/mol. The summed E-state index contributed by atoms with van der Waals surface area (Å²) in [4.78, 5) is 27.6. The number of likely N-dealkylation sites (tertiary alicyclic amines) is 1. The van der Waals surface area contributed by atoms with Crippen molar-refractivity contribution in [1.82, 2.24) is 4.90 Å². The number of carbonyl (C=O) groups excluding carboxylic acids is 1. The molecule has 2 fully saturated rings. The average molecular weight is 524 g/mol. The van der Waals surface area contributed by atoms with Gasteiger partial charge >= 0.3 is 0 Å². The van der Waals surface area contributed by atoms with Crippen molar-refractivity contribution >= 4 is 17.3 Å². The van der Waals surface area contributed by atoms with Gasteiger partial charge in [-0.05, 0) is 41.4 Å². The van der Waals surface area contributed by atoms with Gasteiger partial charge in [0.15, 0.2) is 0 Å². The molecule has 5 rings (SSSR count). The van der Waals surface area contributed by atoms with Crippen LogP contribution in [0, 0.1) is 11.8 Å². The maximum absolute atomic E-state index is 13.8. The second-order valence-corrected chi connectivity index (χ2v) is 10.5. The molecule has 1 aliphatic carbocycles. The third-order valence-electron chi connectivity index (χ3n) is 7.89. The summed E-state index contributed by atoms with van der Waals surface area (Å²) in [5.41, 5.74) is 4.73. The highest BCUT2D eigenvalue weighted by atomic mass is 16.6. The van der Waals surface area contributed by atoms with E-state index in [0.717, 1.165) is 42.8 Å². The Morgan fingerprint density at radius 2 is 1.23 bits per heavy atom. The van der Waals surface area contributed by atoms with Gasteiger partial charge in [-0.1, -0.05) is 108 Å². The van der Waals surface area contributed by atoms with E-state index in [9.17, 15) is 4.79 Å². The first-order valence-corrected chi connectivity index (χ1v) is 14.0. The minimum absolute atomic E-state index is 0.0987. The lowest BCUT2D eigenvalue weighted by Gasteiger charge is -2.30. The lowest BCUT2D eigenvalue weighted by atomic mass is 9.77. The van der Waals surface area contributed by atoms with Crippen LogP contribution in [0.5, 0.6) is 0 Å². The van der Waals surface area contributed by atoms with Crippen LogP contribution in [0.15, 0.2) is 101 Å². The summed E-state index contributed by atoms with van der Waals surface area (Å²) in [6, 6.07) is 30.4. The molecule has 3 aromatic carbocycles. The standard InChI is InChI=1S/C33H37N3O3/c1-25-29(28-17-9-4-10-18-28)21-31(34-38-23-26-13-5-2-6-14-26)32(35-39-24-27-15-7-3-8-16-27)22-30(25)33(37)36-19-11-12-20-36/h2-10,13-18,25,29-30H,11-12,19-24H2,1H3. The molecule has 6 heteroatoms. The van der Waals surface area contributed by atoms with E-state index in [-0.39, 0.29) is 23.7 Å². The molecule has 1 saturated heterocycles. The summed E-state index contributed by atoms with van der Waals surface area (Å²) >= 11 is 0. The number of hydrogen-bond acceptors (Lipinski definition) is 5. The molecule has 3 atom stereocenters. The fourth-order valence-corrected chi connectivity index (χ4v) is 5.61. The van der Waals surface area contributed by atoms with Gasteiger partial charge in [-0.15, -0.1) is 0 Å². The Hall–Kier alpha value is -3.93. The van der Waals surface area contributed by atoms with E-state index in [1.54, 1.807) is 0 Å². The average Bonchev–Trinajstić information content (AvgIpc) is 3.49. The van der Waals surface area contributed by atoms with Gasteiger partial charge in [-0.2, -0.15) is 0 Å². The molecule has 3 aromatic rings. The molecule has 1 amide bonds. The molecule has 6 nitrogen and oxygen atoms in total. The van der Waals surface area contributed by atoms with Crippen LogP contribution in [0.25, 0.3) is 0 Å². The lowest BCUT2D eigenvalue weighted by Crippen LogP contribution is -2.38. The molecule has 0 aromatic heterocycles. The topological polar surface area (TPSA) is 63.5 Å². The quantitative estimate of drug-likeness (QED) is 0.247. The molecule has 0 radical (unpaired) electrons. The highest BCUT2D eigenvalue weighted by Crippen LogP contribution is 2.39. The van der Waals surface area contributed by atoms with Gasteiger partial charge < -0.3 is 14.6 Å². The van der Waals surface area contributed by atoms with Gasteiger partial charge in [0.25, 0.3) is 0 Å². The zero-order valence-electron chi connectivity index (χ0n) is 22.6. The highest BCUT2D eigenvalue weighted by molar-refractivity contribution is 6.42. The van der Waals surface area contributed by atoms with E-state index in [1.807, 2.05) is 71.6 Å². The molecule has 0 N–H and O–H groups in total. The van der Waals surface area contributed by atoms with E-state index in [0.29, 0.717) is 31.8 Å². The second-order valence-electron chi connectivity index (χ2n) is 10.5. The van der Waals surface area contributed by atoms with E-state index in [1.165, 1.54) is 5.56 Å². The van der Waals surface area contributed by atoms with Crippen molar-refractivity contribution < 1.29 is 14.5 Å². The molecule has 1 saturated carbocycles. The Kier molecular flexibility index (Phi) is 9.05. The number of amides is 1. The van der Waals surface area contributed by atoms with Crippen LogP contribution in [0.1, 0.15) is 55.2 Å². The highest BCUT2D eigenvalue weighted by Gasteiger charge is 2.40. The number of rotatable bonds is 8. The molecular formula is C33H37N3O3. The smallest absolute Gasteiger partial charge is 0.226 e. The van der Waals surface area contributed by atoms with E-state index in [2.05, 4.69) is 41.5 Å². The molecule has 1 heterocycles. The number of hydrogen-bond donors (Lipinski definition) is 0. The summed E-state index contributed by atoms with van der Waals surface area (Å²) in [7, 11) is 0. The summed E-state index contributed by atoms with van der Waals surface area (Å²) in [6.07, 6.45) is 3.23. The summed E-state index contributed by atoms with van der Waals surface area (Å²) in [6.45, 7) is 4.58. The zero-order chi connectivity index (χ0) is 26.9. The van der Waals surface area contributed by atoms with Crippen LogP contribution in [0.3, 0.4) is 0 Å². The third-order valence-corrected chi connectivity index (χ3v) is 7.89. The van der Waals surface area contributed by atoms with E-state index >= 15 is 0 Å². The predicted octanol–water partition coefficient (Wildman–Crippen LogP) is 6.58. The summed E-state index contributed by atoms with van der Waals surface area (Å²) in [5, 5.41) is 9.23. The first kappa shape index (κ1) is 26.7. The fraction of sp³-hybridized carbons (Fsp3) is 0.364. The van der Waals surface area contributed by atoms with Gasteiger partial charge in [0.1, 0.15) is 24.6 Å². The Labute approximate surface area is 231 Å². The van der Waals surface area contributed by atoms with Gasteiger partial charge in [0.05, 0.1) is 0 Å². The molecule has 39 heavy (non-hydrogen) atoms. The molecule has 0 bridgehead atoms. The van der Waals surface area contributed by atoms with Crippen molar-refractivity contribution in [2.75, 3.05) is 13.1 Å². The normalized spacial score (nSPS) is 23.5. The first-order valence-electron chi connectivity index (χ1n) is 14.0. The maximum Gasteiger partial charge on any atom is 0.226 e. The Bertz CT molecular complexity index is 1260. The molecule has 0 spiro atoms. The third kappa shape index (κ3) is 6.94. The summed E-state index contributed by atoms with van der Waals surface area (Å²) < 4.78 is 0. The number of carbonyl (C=O) groups is 1. The second kappa shape index (κ2) is 13.2. The van der Waals surface area contributed by atoms with Crippen LogP contribution in [-0.2, 0) is 27.7 Å². The van der Waals surface area contributed by atoms with Crippen LogP contribution in [-0.4, -0.2) is 35.3 Å². The zero-order valence-corrected chi connectivity index (χ0v) is 22.6. The van der Waals surface area contributed by atoms with Gasteiger partial charge in [0.2, 0.25) is 5.91 Å². The van der Waals surface area contributed by atoms with E-state index < -0.39 is 0 Å². The van der Waals surface area contributed by atoms with Crippen molar-refractivity contribution in [3.8, 4) is 0 Å². The number of benzene rings is 3. The molecule has 202 valence electrons. The first-order chi connectivity index (χ1) is 19.2. The Morgan fingerprint density at radius 3 is 1.77 bits per heavy atom. The number of oxime groups is 2. The van der Waals surface area contributed by atoms with Crippen LogP contribution >= 0.6 is 0 Å². The molecule has 3 unspecified atom stereocenters. The minimum Gasteiger partial charge on any atom is -0.391 e. The van der Waals surface area contributed by atoms with Crippen LogP contribution in [0.2, 0.25) is 0 Å². The van der Waals surface area contributed by atoms with Crippen molar-refractivity contribution in [2.45, 2.75) is 51.7 Å². The van der Waals surface area contributed by atoms with Crippen molar-refractivity contribution in [1.29, 1.82) is 0 Å². The fourth-order valence-electron chi connectivity index (χ4n) is 5.61. The monoisotopic (exact) mass is 523 g/mol. The Morgan fingerprint density at radius 1 is 0.744 bits per heavy atom. The van der Waals surface area contributed by atoms with Crippen LogP contribution in [0.4, 0.5) is 0 Å². The Balaban J connectivity index is 1.46. The van der Waals surface area contributed by atoms with Gasteiger partial charge in [-0.25, -0.2) is 0 Å².